The van der Waals surface area contributed by atoms with Gasteiger partial charge in [0.25, 0.3) is 0 Å². The number of Topliss-reactive ketones (excluding diaryl/α,β-unsaturated/α-hetero) is 2. The Labute approximate surface area is 780 Å². The summed E-state index contributed by atoms with van der Waals surface area (Å²) in [6, 6.07) is -3.56. The molecule has 0 bridgehead atoms. The first-order valence-corrected chi connectivity index (χ1v) is 51.4. The predicted molar refractivity (Wildman–Crippen MR) is 467 cm³/mol. The van der Waals surface area contributed by atoms with E-state index in [-0.39, 0.29) is 119 Å². The molecule has 4 aliphatic heterocycles. The smallest absolute Gasteiger partial charge is 0.388 e. The highest BCUT2D eigenvalue weighted by Crippen LogP contribution is 2.32. The minimum absolute atomic E-state index is 0.00240. The molecule has 18 atom stereocenters. The van der Waals surface area contributed by atoms with E-state index in [0.717, 1.165) is 64.2 Å². The van der Waals surface area contributed by atoms with Gasteiger partial charge in [-0.2, -0.15) is 43.1 Å². The molecule has 4 heterocycles. The van der Waals surface area contributed by atoms with Crippen LogP contribution >= 0.6 is 0 Å². The van der Waals surface area contributed by atoms with Crippen LogP contribution in [0.2, 0.25) is 0 Å². The van der Waals surface area contributed by atoms with E-state index in [1.165, 1.54) is 13.8 Å². The number of carbonyl (C=O) groups excluding carboxylic acids is 6. The first-order valence-electron chi connectivity index (χ1n) is 45.8. The highest BCUT2D eigenvalue weighted by molar-refractivity contribution is 7.84. The fourth-order valence-electron chi connectivity index (χ4n) is 14.0. The number of carbonyl (C=O) groups is 6. The normalized spacial score (nSPS) is 25.0. The molecule has 0 radical (unpaired) electrons. The van der Waals surface area contributed by atoms with Crippen LogP contribution in [0.1, 0.15) is 207 Å². The van der Waals surface area contributed by atoms with Crippen molar-refractivity contribution < 1.29 is 195 Å². The van der Waals surface area contributed by atoms with Gasteiger partial charge in [0, 0.05) is 109 Å². The van der Waals surface area contributed by atoms with E-state index in [4.69, 9.17) is 75.8 Å². The van der Waals surface area contributed by atoms with Gasteiger partial charge in [-0.1, -0.05) is 78.1 Å². The molecule has 4 saturated heterocycles. The zero-order valence-corrected chi connectivity index (χ0v) is 80.1. The number of hydrogen-bond donors (Lipinski definition) is 16. The molecule has 0 saturated carbocycles. The van der Waals surface area contributed by atoms with Gasteiger partial charge < -0.3 is 128 Å². The Bertz CT molecular complexity index is 3460. The fraction of sp³-hybridized carbons (Fsp3) is 0.926. The van der Waals surface area contributed by atoms with Gasteiger partial charge in [0.1, 0.15) is 72.5 Å². The van der Waals surface area contributed by atoms with Crippen LogP contribution in [0.4, 0.5) is 0 Å². The summed E-state index contributed by atoms with van der Waals surface area (Å²) in [6.45, 7) is 12.9. The molecule has 4 aliphatic rings. The summed E-state index contributed by atoms with van der Waals surface area (Å²) in [5.74, 6) is -0.147. The van der Waals surface area contributed by atoms with Gasteiger partial charge in [0.05, 0.1) is 118 Å². The topological polar surface area (TPSA) is 680 Å². The summed E-state index contributed by atoms with van der Waals surface area (Å²) in [5, 5.41) is 74.8. The molecule has 4 amide bonds. The number of rotatable bonds is 80. The number of hydrogen-bond acceptors (Lipinski definition) is 38. The number of ketones is 2. The Hall–Kier alpha value is -4.18. The Morgan fingerprint density at radius 1 is 0.323 bits per heavy atom. The van der Waals surface area contributed by atoms with Crippen LogP contribution in [0.3, 0.4) is 0 Å². The van der Waals surface area contributed by atoms with Gasteiger partial charge >= 0.3 is 41.4 Å². The average molecular weight is 2010 g/mol. The van der Waals surface area contributed by atoms with Gasteiger partial charge in [-0.3, -0.25) is 47.0 Å². The zero-order valence-electron chi connectivity index (χ0n) is 76.8. The van der Waals surface area contributed by atoms with E-state index >= 15 is 0 Å². The third kappa shape index (κ3) is 57.4. The Kier molecular flexibility index (Phi) is 62.0. The van der Waals surface area contributed by atoms with E-state index in [9.17, 15) is 111 Å². The number of aliphatic hydroxyl groups is 6. The summed E-state index contributed by atoms with van der Waals surface area (Å²) in [7, 11) is -20.3. The van der Waals surface area contributed by atoms with Crippen molar-refractivity contribution >= 4 is 76.6 Å². The Balaban J connectivity index is 0.815. The summed E-state index contributed by atoms with van der Waals surface area (Å²) in [4.78, 5) is 74.1. The Morgan fingerprint density at radius 3 is 0.917 bits per heavy atom. The third-order valence-corrected chi connectivity index (χ3v) is 23.3. The molecule has 0 aromatic rings. The van der Waals surface area contributed by atoms with E-state index in [1.807, 2.05) is 13.8 Å². The second kappa shape index (κ2) is 68.0. The molecule has 0 aliphatic carbocycles. The van der Waals surface area contributed by atoms with Gasteiger partial charge in [0.15, 0.2) is 37.4 Å². The summed E-state index contributed by atoms with van der Waals surface area (Å²) in [5.41, 5.74) is -0.318. The summed E-state index contributed by atoms with van der Waals surface area (Å²) in [6.07, 6.45) is -8.56. The molecule has 52 heteroatoms. The molecule has 4 fully saturated rings. The number of ether oxygens (including phenoxy) is 16. The van der Waals surface area contributed by atoms with Gasteiger partial charge in [-0.25, -0.2) is 8.37 Å². The van der Waals surface area contributed by atoms with Crippen LogP contribution in [0.25, 0.3) is 0 Å². The standard InChI is InChI=1S/C81H150N6O42S4/c1-57-69(94)73(98)67(86-130(100,101)102)77(124-57)126-61-53-122-79(75(71(61)96)128-132(106,107)108)120-39-21-13-11-19-35-82-63(90)29-41-114-47-51-116-49-45-112-37-23-27-59(88)25-15-7-5-9-17-33-84-65(92)31-43-118-55-81(3,4)56-119-44-32-66(93)85-34-18-10-6-8-16-26-60(89)28-24-38-113-46-50-117-52-48-115-42-30-64(91)83-36-20-12-14-22-40-121-80-76(129-133(109,110)111)72(97)62(54-123-80)127-78-68(87-131(103,104)105)74(99)70(95)58(2)125-78/h57-58,61-62,67-80,86-87,94-99H,5-56H2,1-4H3,(H,82,90)(H,83,91)(H,84,92)(H,85,93)(H,100,101,102)(H,103,104,105)(H,106,107,108)(H,109,110,111). The van der Waals surface area contributed by atoms with Crippen molar-refractivity contribution in [2.75, 3.05) is 158 Å². The second-order valence-corrected chi connectivity index (χ2v) is 38.0. The van der Waals surface area contributed by atoms with Crippen molar-refractivity contribution in [1.82, 2.24) is 30.7 Å². The minimum atomic E-state index is -5.18. The lowest BCUT2D eigenvalue weighted by Gasteiger charge is -2.44. The van der Waals surface area contributed by atoms with E-state index in [0.29, 0.717) is 182 Å². The van der Waals surface area contributed by atoms with Crippen LogP contribution in [0.5, 0.6) is 0 Å². The van der Waals surface area contributed by atoms with Gasteiger partial charge in [-0.15, -0.1) is 0 Å². The SMILES string of the molecule is CC1OC(OC2COC(OCCCCCCNC(=O)CCOCCOCCOCCCC(=O)CCCCCCCNC(=O)CCOCC(C)(C)COCCC(=O)NCCCCCCCC(=O)CCCOCCOCCOCCC(=O)NCCCCCCOC3OCC(OC4OC(C)C(O)C(O)C4NS(=O)(=O)O)C(O)C3OS(=O)(=O)O)C(OS(=O)(=O)O)C2O)C(NS(=O)(=O)O)C(O)C1O. The van der Waals surface area contributed by atoms with Crippen molar-refractivity contribution in [1.29, 1.82) is 0 Å². The molecular formula is C81H150N6O42S4. The zero-order chi connectivity index (χ0) is 98.1. The van der Waals surface area contributed by atoms with Crippen LogP contribution in [-0.2, 0) is 154 Å². The molecule has 16 N–H and O–H groups in total. The van der Waals surface area contributed by atoms with E-state index in [2.05, 4.69) is 29.6 Å². The van der Waals surface area contributed by atoms with E-state index < -0.39 is 165 Å². The quantitative estimate of drug-likeness (QED) is 0.0275. The largest absolute Gasteiger partial charge is 0.397 e. The number of amides is 4. The van der Waals surface area contributed by atoms with Gasteiger partial charge in [0.2, 0.25) is 23.6 Å². The van der Waals surface area contributed by atoms with Crippen LogP contribution in [-0.4, -0.2) is 387 Å². The van der Waals surface area contributed by atoms with Crippen molar-refractivity contribution in [2.24, 2.45) is 5.41 Å². The molecule has 48 nitrogen and oxygen atoms in total. The summed E-state index contributed by atoms with van der Waals surface area (Å²) >= 11 is 0. The Morgan fingerprint density at radius 2 is 0.602 bits per heavy atom. The molecule has 4 rings (SSSR count). The lowest BCUT2D eigenvalue weighted by molar-refractivity contribution is -0.320. The third-order valence-electron chi connectivity index (χ3n) is 21.3. The molecule has 0 aromatic carbocycles. The maximum Gasteiger partial charge on any atom is 0.397 e. The molecule has 0 aromatic heterocycles. The van der Waals surface area contributed by atoms with Gasteiger partial charge in [-0.05, 0) is 78.1 Å². The first kappa shape index (κ1) is 121. The number of unbranched alkanes of at least 4 members (excludes halogenated alkanes) is 14. The maximum absolute atomic E-state index is 12.4. The monoisotopic (exact) mass is 2010 g/mol. The van der Waals surface area contributed by atoms with Crippen molar-refractivity contribution in [3.63, 3.8) is 0 Å². The van der Waals surface area contributed by atoms with Crippen molar-refractivity contribution in [3.05, 3.63) is 0 Å². The fourth-order valence-corrected chi connectivity index (χ4v) is 16.2. The maximum atomic E-state index is 12.4. The van der Waals surface area contributed by atoms with Crippen molar-refractivity contribution in [3.8, 4) is 0 Å². The highest BCUT2D eigenvalue weighted by atomic mass is 32.3. The number of nitrogens with one attached hydrogen (secondary N) is 6. The molecule has 0 spiro atoms. The number of aliphatic hydroxyl groups excluding tert-OH is 6. The average Bonchev–Trinajstić information content (AvgIpc) is 0.790. The molecule has 780 valence electrons. The minimum Gasteiger partial charge on any atom is -0.388 e. The lowest BCUT2D eigenvalue weighted by atomic mass is 9.96. The van der Waals surface area contributed by atoms with E-state index in [1.54, 1.807) is 9.44 Å². The lowest BCUT2D eigenvalue weighted by Crippen LogP contribution is -2.65. The van der Waals surface area contributed by atoms with Crippen LogP contribution in [0, 0.1) is 5.41 Å². The molecule has 18 unspecified atom stereocenters. The van der Waals surface area contributed by atoms with Crippen molar-refractivity contribution in [2.45, 2.75) is 318 Å². The first-order chi connectivity index (χ1) is 63.1. The van der Waals surface area contributed by atoms with Crippen LogP contribution < -0.4 is 30.7 Å². The van der Waals surface area contributed by atoms with Crippen LogP contribution in [0.15, 0.2) is 0 Å². The summed E-state index contributed by atoms with van der Waals surface area (Å²) < 4.78 is 232. The molecular weight excluding hydrogens is 1860 g/mol. The predicted octanol–water partition coefficient (Wildman–Crippen LogP) is -0.260. The highest BCUT2D eigenvalue weighted by Gasteiger charge is 2.52. The molecule has 133 heavy (non-hydrogen) atoms. The second-order valence-electron chi connectivity index (χ2n) is 33.6.